The minimum absolute atomic E-state index is 0.0433. The van der Waals surface area contributed by atoms with Crippen LogP contribution in [0.1, 0.15) is 26.7 Å². The third kappa shape index (κ3) is 4.21. The second-order valence-corrected chi connectivity index (χ2v) is 5.71. The maximum Gasteiger partial charge on any atom is 0.0519 e. The first-order valence-electron chi connectivity index (χ1n) is 6.69. The number of likely N-dealkylation sites (tertiary alicyclic amines) is 1. The topological polar surface area (TPSA) is 46.9 Å². The molecule has 1 rings (SSSR count). The van der Waals surface area contributed by atoms with E-state index in [9.17, 15) is 10.2 Å². The van der Waals surface area contributed by atoms with E-state index in [2.05, 4.69) is 23.8 Å². The molecule has 0 spiro atoms. The maximum absolute atomic E-state index is 9.32. The van der Waals surface area contributed by atoms with Gasteiger partial charge in [-0.25, -0.2) is 0 Å². The van der Waals surface area contributed by atoms with Crippen LogP contribution in [0.2, 0.25) is 0 Å². The smallest absolute Gasteiger partial charge is 0.0519 e. The number of piperidine rings is 1. The Morgan fingerprint density at radius 3 is 2.18 bits per heavy atom. The zero-order valence-corrected chi connectivity index (χ0v) is 11.5. The average molecular weight is 244 g/mol. The van der Waals surface area contributed by atoms with Crippen molar-refractivity contribution in [2.24, 2.45) is 5.41 Å². The summed E-state index contributed by atoms with van der Waals surface area (Å²) in [5, 5.41) is 18.6. The fourth-order valence-electron chi connectivity index (χ4n) is 2.56. The Kier molecular flexibility index (Phi) is 5.86. The first kappa shape index (κ1) is 14.9. The molecule has 1 fully saturated rings. The summed E-state index contributed by atoms with van der Waals surface area (Å²) in [6.45, 7) is 8.46. The molecule has 0 aliphatic carbocycles. The highest BCUT2D eigenvalue weighted by Gasteiger charge is 2.29. The molecule has 0 bridgehead atoms. The predicted octanol–water partition coefficient (Wildman–Crippen LogP) is 0.393. The largest absolute Gasteiger partial charge is 0.396 e. The normalized spacial score (nSPS) is 20.1. The Morgan fingerprint density at radius 2 is 1.76 bits per heavy atom. The van der Waals surface area contributed by atoms with Crippen LogP contribution in [0.5, 0.6) is 0 Å². The van der Waals surface area contributed by atoms with Gasteiger partial charge in [0.15, 0.2) is 0 Å². The van der Waals surface area contributed by atoms with Gasteiger partial charge in [-0.15, -0.1) is 0 Å². The molecule has 0 unspecified atom stereocenters. The minimum Gasteiger partial charge on any atom is -0.396 e. The van der Waals surface area contributed by atoms with Gasteiger partial charge in [0, 0.05) is 18.0 Å². The molecule has 17 heavy (non-hydrogen) atoms. The van der Waals surface area contributed by atoms with Crippen LogP contribution >= 0.6 is 0 Å². The zero-order valence-electron chi connectivity index (χ0n) is 11.5. The average Bonchev–Trinajstić information content (AvgIpc) is 2.38. The highest BCUT2D eigenvalue weighted by molar-refractivity contribution is 4.83. The lowest BCUT2D eigenvalue weighted by atomic mass is 9.91. The van der Waals surface area contributed by atoms with Crippen molar-refractivity contribution in [2.75, 3.05) is 46.4 Å². The van der Waals surface area contributed by atoms with Crippen LogP contribution in [-0.4, -0.2) is 72.5 Å². The summed E-state index contributed by atoms with van der Waals surface area (Å²) in [6, 6.07) is 0.593. The van der Waals surface area contributed by atoms with E-state index in [0.717, 1.165) is 13.1 Å². The quantitative estimate of drug-likeness (QED) is 0.710. The lowest BCUT2D eigenvalue weighted by Crippen LogP contribution is -2.48. The molecule has 4 nitrogen and oxygen atoms in total. The molecule has 0 radical (unpaired) electrons. The molecule has 0 aromatic heterocycles. The third-order valence-electron chi connectivity index (χ3n) is 4.02. The monoisotopic (exact) mass is 244 g/mol. The molecule has 4 heteroatoms. The fraction of sp³-hybridized carbons (Fsp3) is 1.00. The Bertz CT molecular complexity index is 211. The molecular weight excluding hydrogens is 216 g/mol. The van der Waals surface area contributed by atoms with Gasteiger partial charge in [-0.05, 0) is 39.5 Å². The fourth-order valence-corrected chi connectivity index (χ4v) is 2.56. The van der Waals surface area contributed by atoms with Crippen molar-refractivity contribution in [3.63, 3.8) is 0 Å². The minimum atomic E-state index is -0.378. The molecule has 1 saturated heterocycles. The van der Waals surface area contributed by atoms with Crippen molar-refractivity contribution in [1.29, 1.82) is 0 Å². The third-order valence-corrected chi connectivity index (χ3v) is 4.02. The summed E-state index contributed by atoms with van der Waals surface area (Å²) in [4.78, 5) is 4.78. The van der Waals surface area contributed by atoms with Gasteiger partial charge in [0.05, 0.1) is 13.2 Å². The molecule has 2 N–H and O–H groups in total. The lowest BCUT2D eigenvalue weighted by molar-refractivity contribution is 0.0203. The highest BCUT2D eigenvalue weighted by atomic mass is 16.3. The Labute approximate surface area is 105 Å². The molecule has 0 atom stereocenters. The van der Waals surface area contributed by atoms with Gasteiger partial charge in [0.1, 0.15) is 0 Å². The van der Waals surface area contributed by atoms with E-state index in [1.165, 1.54) is 25.9 Å². The molecule has 0 saturated carbocycles. The van der Waals surface area contributed by atoms with Crippen molar-refractivity contribution in [2.45, 2.75) is 32.7 Å². The summed E-state index contributed by atoms with van der Waals surface area (Å²) in [6.07, 6.45) is 2.38. The van der Waals surface area contributed by atoms with Gasteiger partial charge in [-0.1, -0.05) is 13.8 Å². The van der Waals surface area contributed by atoms with E-state index in [-0.39, 0.29) is 18.6 Å². The van der Waals surface area contributed by atoms with Crippen LogP contribution < -0.4 is 0 Å². The summed E-state index contributed by atoms with van der Waals surface area (Å²) in [7, 11) is 2.11. The van der Waals surface area contributed by atoms with Gasteiger partial charge in [0.2, 0.25) is 0 Å². The van der Waals surface area contributed by atoms with Crippen LogP contribution in [-0.2, 0) is 0 Å². The maximum atomic E-state index is 9.32. The number of aliphatic hydroxyl groups is 2. The molecule has 0 aromatic carbocycles. The SMILES string of the molecule is CCN1CCC(N(C)CC(C)(CO)CO)CC1. The van der Waals surface area contributed by atoms with E-state index in [1.807, 2.05) is 6.92 Å². The number of hydrogen-bond donors (Lipinski definition) is 2. The van der Waals surface area contributed by atoms with E-state index >= 15 is 0 Å². The van der Waals surface area contributed by atoms with Crippen LogP contribution in [0.15, 0.2) is 0 Å². The van der Waals surface area contributed by atoms with E-state index in [1.54, 1.807) is 0 Å². The molecule has 1 aliphatic heterocycles. The summed E-state index contributed by atoms with van der Waals surface area (Å²) in [5.74, 6) is 0. The van der Waals surface area contributed by atoms with E-state index in [4.69, 9.17) is 0 Å². The molecule has 102 valence electrons. The van der Waals surface area contributed by atoms with Crippen molar-refractivity contribution in [1.82, 2.24) is 9.80 Å². The first-order chi connectivity index (χ1) is 8.04. The number of nitrogens with zero attached hydrogens (tertiary/aromatic N) is 2. The Hall–Kier alpha value is -0.160. The number of rotatable bonds is 6. The summed E-state index contributed by atoms with van der Waals surface area (Å²) in [5.41, 5.74) is -0.378. The zero-order chi connectivity index (χ0) is 12.9. The van der Waals surface area contributed by atoms with Gasteiger partial charge in [-0.2, -0.15) is 0 Å². The second kappa shape index (κ2) is 6.69. The second-order valence-electron chi connectivity index (χ2n) is 5.71. The van der Waals surface area contributed by atoms with Crippen LogP contribution in [0, 0.1) is 5.41 Å². The summed E-state index contributed by atoms with van der Waals surface area (Å²) >= 11 is 0. The molecular formula is C13H28N2O2. The van der Waals surface area contributed by atoms with Crippen LogP contribution in [0.3, 0.4) is 0 Å². The van der Waals surface area contributed by atoms with Crippen molar-refractivity contribution >= 4 is 0 Å². The summed E-state index contributed by atoms with van der Waals surface area (Å²) < 4.78 is 0. The Morgan fingerprint density at radius 1 is 1.24 bits per heavy atom. The molecule has 0 amide bonds. The predicted molar refractivity (Wildman–Crippen MR) is 70.0 cm³/mol. The highest BCUT2D eigenvalue weighted by Crippen LogP contribution is 2.21. The van der Waals surface area contributed by atoms with Crippen LogP contribution in [0.4, 0.5) is 0 Å². The van der Waals surface area contributed by atoms with Gasteiger partial charge < -0.3 is 20.0 Å². The Balaban J connectivity index is 2.41. The van der Waals surface area contributed by atoms with E-state index in [0.29, 0.717) is 6.04 Å². The first-order valence-corrected chi connectivity index (χ1v) is 6.69. The van der Waals surface area contributed by atoms with Gasteiger partial charge in [0.25, 0.3) is 0 Å². The van der Waals surface area contributed by atoms with Gasteiger partial charge >= 0.3 is 0 Å². The number of hydrogen-bond acceptors (Lipinski definition) is 4. The van der Waals surface area contributed by atoms with Crippen molar-refractivity contribution in [3.8, 4) is 0 Å². The number of aliphatic hydroxyl groups excluding tert-OH is 2. The standard InChI is InChI=1S/C13H28N2O2/c1-4-15-7-5-12(6-8-15)14(3)9-13(2,10-16)11-17/h12,16-17H,4-11H2,1-3H3. The molecule has 1 aliphatic rings. The van der Waals surface area contributed by atoms with Crippen LogP contribution in [0.25, 0.3) is 0 Å². The molecule has 0 aromatic rings. The van der Waals surface area contributed by atoms with E-state index < -0.39 is 0 Å². The van der Waals surface area contributed by atoms with Crippen molar-refractivity contribution in [3.05, 3.63) is 0 Å². The van der Waals surface area contributed by atoms with Gasteiger partial charge in [-0.3, -0.25) is 0 Å². The lowest BCUT2D eigenvalue weighted by Gasteiger charge is -2.39. The molecule has 1 heterocycles. The van der Waals surface area contributed by atoms with Crippen molar-refractivity contribution < 1.29 is 10.2 Å².